The zero-order chi connectivity index (χ0) is 15.9. The molecule has 0 bridgehead atoms. The van der Waals surface area contributed by atoms with Crippen LogP contribution >= 0.6 is 0 Å². The number of Topliss-reactive ketones (excluding diaryl/α,β-unsaturated/α-hetero) is 1. The van der Waals surface area contributed by atoms with Crippen LogP contribution in [0.5, 0.6) is 11.5 Å². The second kappa shape index (κ2) is 7.50. The fraction of sp³-hybridized carbons (Fsp3) is 0.278. The molecule has 0 fully saturated rings. The maximum Gasteiger partial charge on any atom is 0.203 e. The van der Waals surface area contributed by atoms with Gasteiger partial charge in [-0.25, -0.2) is 0 Å². The van der Waals surface area contributed by atoms with Crippen molar-refractivity contribution in [2.75, 3.05) is 12.8 Å². The van der Waals surface area contributed by atoms with E-state index < -0.39 is 6.10 Å². The van der Waals surface area contributed by atoms with Crippen molar-refractivity contribution in [1.82, 2.24) is 0 Å². The maximum absolute atomic E-state index is 12.6. The minimum atomic E-state index is -0.539. The van der Waals surface area contributed by atoms with E-state index in [9.17, 15) is 4.79 Å². The summed E-state index contributed by atoms with van der Waals surface area (Å²) in [4.78, 5) is 12.6. The van der Waals surface area contributed by atoms with Gasteiger partial charge >= 0.3 is 0 Å². The highest BCUT2D eigenvalue weighted by atomic mass is 16.5. The van der Waals surface area contributed by atoms with Crippen LogP contribution < -0.4 is 15.2 Å². The molecule has 1 unspecified atom stereocenters. The van der Waals surface area contributed by atoms with Crippen LogP contribution in [0.4, 0.5) is 5.69 Å². The highest BCUT2D eigenvalue weighted by Crippen LogP contribution is 2.24. The zero-order valence-corrected chi connectivity index (χ0v) is 12.9. The van der Waals surface area contributed by atoms with Gasteiger partial charge in [-0.05, 0) is 42.8 Å². The summed E-state index contributed by atoms with van der Waals surface area (Å²) in [6.45, 7) is 2.02. The topological polar surface area (TPSA) is 61.5 Å². The molecule has 4 nitrogen and oxygen atoms in total. The van der Waals surface area contributed by atoms with Crippen molar-refractivity contribution in [3.8, 4) is 11.5 Å². The molecule has 2 aromatic rings. The fourth-order valence-electron chi connectivity index (χ4n) is 2.19. The number of carbonyl (C=O) groups is 1. The summed E-state index contributed by atoms with van der Waals surface area (Å²) in [6.07, 6.45) is 0.946. The van der Waals surface area contributed by atoms with Crippen LogP contribution in [0, 0.1) is 0 Å². The van der Waals surface area contributed by atoms with Gasteiger partial charge in [-0.3, -0.25) is 4.79 Å². The molecule has 4 heteroatoms. The third kappa shape index (κ3) is 3.79. The molecule has 0 aliphatic heterocycles. The molecule has 0 amide bonds. The Morgan fingerprint density at radius 2 is 1.82 bits per heavy atom. The number of carbonyl (C=O) groups excluding carboxylic acids is 1. The molecule has 2 rings (SSSR count). The Kier molecular flexibility index (Phi) is 5.42. The van der Waals surface area contributed by atoms with Gasteiger partial charge in [0.1, 0.15) is 11.5 Å². The van der Waals surface area contributed by atoms with Gasteiger partial charge in [0.2, 0.25) is 5.78 Å². The molecule has 0 aromatic heterocycles. The van der Waals surface area contributed by atoms with E-state index in [4.69, 9.17) is 15.2 Å². The third-order valence-corrected chi connectivity index (χ3v) is 3.41. The first kappa shape index (κ1) is 15.9. The van der Waals surface area contributed by atoms with E-state index in [1.54, 1.807) is 43.5 Å². The molecular weight excluding hydrogens is 278 g/mol. The van der Waals surface area contributed by atoms with Crippen LogP contribution in [-0.4, -0.2) is 19.0 Å². The summed E-state index contributed by atoms with van der Waals surface area (Å²) in [6, 6.07) is 14.3. The number of ketones is 1. The molecule has 0 aliphatic carbocycles. The Bertz CT molecular complexity index is 622. The number of anilines is 1. The number of nitrogens with two attached hydrogens (primary N) is 1. The standard InChI is InChI=1S/C18H21NO3/c1-3-6-17(22-16-8-5-4-7-15(16)19)18(20)13-9-11-14(21-2)12-10-13/h4-5,7-12,17H,3,6,19H2,1-2H3. The van der Waals surface area contributed by atoms with Crippen molar-refractivity contribution in [2.45, 2.75) is 25.9 Å². The van der Waals surface area contributed by atoms with E-state index in [2.05, 4.69) is 0 Å². The molecule has 0 heterocycles. The van der Waals surface area contributed by atoms with Crippen LogP contribution in [0.15, 0.2) is 48.5 Å². The normalized spacial score (nSPS) is 11.7. The van der Waals surface area contributed by atoms with Crippen molar-refractivity contribution >= 4 is 11.5 Å². The van der Waals surface area contributed by atoms with Crippen LogP contribution in [0.1, 0.15) is 30.1 Å². The van der Waals surface area contributed by atoms with Crippen molar-refractivity contribution in [3.05, 3.63) is 54.1 Å². The Hall–Kier alpha value is -2.49. The van der Waals surface area contributed by atoms with Gasteiger partial charge in [0, 0.05) is 5.56 Å². The van der Waals surface area contributed by atoms with Gasteiger partial charge in [-0.2, -0.15) is 0 Å². The van der Waals surface area contributed by atoms with Crippen molar-refractivity contribution in [3.63, 3.8) is 0 Å². The molecule has 0 spiro atoms. The van der Waals surface area contributed by atoms with Gasteiger partial charge in [0.25, 0.3) is 0 Å². The van der Waals surface area contributed by atoms with Gasteiger partial charge in [0.15, 0.2) is 6.10 Å². The molecule has 2 N–H and O–H groups in total. The van der Waals surface area contributed by atoms with E-state index in [0.717, 1.165) is 12.2 Å². The maximum atomic E-state index is 12.6. The van der Waals surface area contributed by atoms with Gasteiger partial charge in [0.05, 0.1) is 12.8 Å². The molecule has 2 aromatic carbocycles. The van der Waals surface area contributed by atoms with Gasteiger partial charge < -0.3 is 15.2 Å². The predicted molar refractivity (Wildman–Crippen MR) is 87.5 cm³/mol. The first-order valence-electron chi connectivity index (χ1n) is 7.35. The van der Waals surface area contributed by atoms with Crippen LogP contribution in [0.25, 0.3) is 0 Å². The number of rotatable bonds is 7. The van der Waals surface area contributed by atoms with E-state index in [1.807, 2.05) is 19.1 Å². The van der Waals surface area contributed by atoms with Crippen molar-refractivity contribution in [1.29, 1.82) is 0 Å². The first-order valence-corrected chi connectivity index (χ1v) is 7.35. The van der Waals surface area contributed by atoms with Crippen LogP contribution in [-0.2, 0) is 0 Å². The Labute approximate surface area is 130 Å². The molecular formula is C18H21NO3. The number of methoxy groups -OCH3 is 1. The first-order chi connectivity index (χ1) is 10.7. The van der Waals surface area contributed by atoms with Crippen LogP contribution in [0.2, 0.25) is 0 Å². The summed E-state index contributed by atoms with van der Waals surface area (Å²) in [7, 11) is 1.60. The second-order valence-electron chi connectivity index (χ2n) is 5.03. The third-order valence-electron chi connectivity index (χ3n) is 3.41. The SMILES string of the molecule is CCCC(Oc1ccccc1N)C(=O)c1ccc(OC)cc1. The molecule has 22 heavy (non-hydrogen) atoms. The van der Waals surface area contributed by atoms with Gasteiger partial charge in [-0.1, -0.05) is 25.5 Å². The lowest BCUT2D eigenvalue weighted by atomic mass is 10.0. The summed E-state index contributed by atoms with van der Waals surface area (Å²) >= 11 is 0. The quantitative estimate of drug-likeness (QED) is 0.625. The lowest BCUT2D eigenvalue weighted by Gasteiger charge is -2.18. The average Bonchev–Trinajstić information content (AvgIpc) is 2.56. The highest BCUT2D eigenvalue weighted by Gasteiger charge is 2.22. The van der Waals surface area contributed by atoms with Crippen LogP contribution in [0.3, 0.4) is 0 Å². The van der Waals surface area contributed by atoms with Gasteiger partial charge in [-0.15, -0.1) is 0 Å². The number of nitrogen functional groups attached to an aromatic ring is 1. The molecule has 116 valence electrons. The summed E-state index contributed by atoms with van der Waals surface area (Å²) in [5, 5.41) is 0. The summed E-state index contributed by atoms with van der Waals surface area (Å²) in [5.74, 6) is 1.22. The number of hydrogen-bond donors (Lipinski definition) is 1. The number of benzene rings is 2. The number of para-hydroxylation sites is 2. The summed E-state index contributed by atoms with van der Waals surface area (Å²) < 4.78 is 11.0. The van der Waals surface area contributed by atoms with E-state index >= 15 is 0 Å². The Balaban J connectivity index is 2.19. The molecule has 0 aliphatic rings. The van der Waals surface area contributed by atoms with E-state index in [0.29, 0.717) is 23.4 Å². The molecule has 0 saturated heterocycles. The average molecular weight is 299 g/mol. The van der Waals surface area contributed by atoms with Crippen molar-refractivity contribution in [2.24, 2.45) is 0 Å². The monoisotopic (exact) mass is 299 g/mol. The largest absolute Gasteiger partial charge is 0.497 e. The lowest BCUT2D eigenvalue weighted by Crippen LogP contribution is -2.27. The minimum Gasteiger partial charge on any atom is -0.497 e. The minimum absolute atomic E-state index is 0.0484. The zero-order valence-electron chi connectivity index (χ0n) is 12.9. The Morgan fingerprint density at radius 1 is 1.14 bits per heavy atom. The highest BCUT2D eigenvalue weighted by molar-refractivity contribution is 5.99. The number of ether oxygens (including phenoxy) is 2. The predicted octanol–water partition coefficient (Wildman–Crippen LogP) is 3.71. The van der Waals surface area contributed by atoms with E-state index in [1.165, 1.54) is 0 Å². The molecule has 0 saturated carbocycles. The Morgan fingerprint density at radius 3 is 2.41 bits per heavy atom. The van der Waals surface area contributed by atoms with E-state index in [-0.39, 0.29) is 5.78 Å². The van der Waals surface area contributed by atoms with Crippen molar-refractivity contribution < 1.29 is 14.3 Å². The lowest BCUT2D eigenvalue weighted by molar-refractivity contribution is 0.0778. The molecule has 0 radical (unpaired) electrons. The summed E-state index contributed by atoms with van der Waals surface area (Å²) in [5.41, 5.74) is 7.03. The number of hydrogen-bond acceptors (Lipinski definition) is 4. The second-order valence-corrected chi connectivity index (χ2v) is 5.03. The smallest absolute Gasteiger partial charge is 0.203 e. The fourth-order valence-corrected chi connectivity index (χ4v) is 2.19. The molecule has 1 atom stereocenters.